The molecule has 2 N–H and O–H groups in total. The Hall–Kier alpha value is -2.90. The molecule has 1 fully saturated rings. The number of pyridine rings is 1. The summed E-state index contributed by atoms with van der Waals surface area (Å²) in [5.74, 6) is 0.430. The highest BCUT2D eigenvalue weighted by Crippen LogP contribution is 2.30. The number of nitrogens with one attached hydrogen (secondary N) is 2. The van der Waals surface area contributed by atoms with Gasteiger partial charge in [0.25, 0.3) is 5.91 Å². The number of aromatic nitrogens is 5. The molecule has 0 aliphatic carbocycles. The summed E-state index contributed by atoms with van der Waals surface area (Å²) in [5, 5.41) is 10.6. The number of carbonyl (C=O) groups excluding carboxylic acids is 1. The molecule has 0 aromatic carbocycles. The van der Waals surface area contributed by atoms with Crippen LogP contribution in [0.5, 0.6) is 0 Å². The average molecular weight is 312 g/mol. The summed E-state index contributed by atoms with van der Waals surface area (Å²) in [6, 6.07) is 5.41. The molecule has 4 heterocycles. The van der Waals surface area contributed by atoms with Gasteiger partial charge in [-0.1, -0.05) is 6.07 Å². The molecule has 1 saturated heterocycles. The van der Waals surface area contributed by atoms with Gasteiger partial charge in [0.05, 0.1) is 23.3 Å². The Morgan fingerprint density at radius 3 is 3.04 bits per heavy atom. The van der Waals surface area contributed by atoms with Crippen LogP contribution in [-0.4, -0.2) is 42.1 Å². The van der Waals surface area contributed by atoms with Crippen molar-refractivity contribution in [1.29, 1.82) is 0 Å². The fourth-order valence-corrected chi connectivity index (χ4v) is 3.15. The van der Waals surface area contributed by atoms with E-state index < -0.39 is 0 Å². The summed E-state index contributed by atoms with van der Waals surface area (Å²) in [6.45, 7) is 0.641. The summed E-state index contributed by atoms with van der Waals surface area (Å²) >= 11 is 0. The van der Waals surface area contributed by atoms with Crippen molar-refractivity contribution in [2.45, 2.75) is 25.3 Å². The second-order valence-electron chi connectivity index (χ2n) is 5.66. The Balaban J connectivity index is 1.72. The number of rotatable bonds is 2. The Morgan fingerprint density at radius 1 is 1.30 bits per heavy atom. The van der Waals surface area contributed by atoms with Crippen LogP contribution in [-0.2, 0) is 0 Å². The van der Waals surface area contributed by atoms with Crippen molar-refractivity contribution >= 4 is 11.4 Å². The van der Waals surface area contributed by atoms with E-state index >= 15 is 0 Å². The number of hydrogen-bond acceptors (Lipinski definition) is 4. The first-order chi connectivity index (χ1) is 11.2. The minimum Gasteiger partial charge on any atom is -0.328 e. The van der Waals surface area contributed by atoms with E-state index in [1.807, 2.05) is 24.4 Å². The fourth-order valence-electron chi connectivity index (χ4n) is 3.15. The van der Waals surface area contributed by atoms with Crippen LogP contribution in [0.15, 0.2) is 35.4 Å². The van der Waals surface area contributed by atoms with Crippen LogP contribution in [0, 0.1) is 0 Å². The largest absolute Gasteiger partial charge is 0.340 e. The molecular formula is C15H16N6O2. The third-order valence-electron chi connectivity index (χ3n) is 4.26. The molecule has 8 nitrogen and oxygen atoms in total. The number of fused-ring (bicyclic) bond motifs is 1. The van der Waals surface area contributed by atoms with Gasteiger partial charge < -0.3 is 4.90 Å². The highest BCUT2D eigenvalue weighted by molar-refractivity contribution is 6.00. The van der Waals surface area contributed by atoms with Crippen LogP contribution in [0.4, 0.5) is 0 Å². The maximum Gasteiger partial charge on any atom is 0.340 e. The lowest BCUT2D eigenvalue weighted by Crippen LogP contribution is -2.39. The third-order valence-corrected chi connectivity index (χ3v) is 4.26. The van der Waals surface area contributed by atoms with Crippen molar-refractivity contribution in [3.05, 3.63) is 52.5 Å². The van der Waals surface area contributed by atoms with Gasteiger partial charge in [0.1, 0.15) is 0 Å². The van der Waals surface area contributed by atoms with Crippen molar-refractivity contribution < 1.29 is 4.79 Å². The smallest absolute Gasteiger partial charge is 0.328 e. The van der Waals surface area contributed by atoms with Crippen molar-refractivity contribution in [2.24, 2.45) is 0 Å². The maximum absolute atomic E-state index is 13.0. The van der Waals surface area contributed by atoms with Crippen LogP contribution < -0.4 is 5.69 Å². The van der Waals surface area contributed by atoms with Crippen molar-refractivity contribution in [1.82, 2.24) is 29.7 Å². The molecule has 1 atom stereocenters. The monoisotopic (exact) mass is 312 g/mol. The second-order valence-corrected chi connectivity index (χ2v) is 5.66. The molecule has 1 aliphatic heterocycles. The van der Waals surface area contributed by atoms with E-state index in [1.54, 1.807) is 15.6 Å². The number of aromatic amines is 2. The molecule has 1 unspecified atom stereocenters. The summed E-state index contributed by atoms with van der Waals surface area (Å²) in [7, 11) is 0. The predicted octanol–water partition coefficient (Wildman–Crippen LogP) is 1.11. The number of likely N-dealkylation sites (tertiary alicyclic amines) is 1. The van der Waals surface area contributed by atoms with Crippen molar-refractivity contribution in [3.8, 4) is 0 Å². The SMILES string of the molecule is O=C(c1cnn2ccccc12)N1CCCCC1c1n[nH]c(=O)[nH]1. The fraction of sp³-hybridized carbons (Fsp3) is 0.333. The molecule has 1 amide bonds. The van der Waals surface area contributed by atoms with Gasteiger partial charge in [0.15, 0.2) is 5.82 Å². The number of nitrogens with zero attached hydrogens (tertiary/aromatic N) is 4. The minimum absolute atomic E-state index is 0.0836. The number of piperidine rings is 1. The third kappa shape index (κ3) is 2.32. The number of amides is 1. The molecule has 118 valence electrons. The molecule has 1 aliphatic rings. The molecule has 4 rings (SSSR count). The maximum atomic E-state index is 13.0. The van der Waals surface area contributed by atoms with Gasteiger partial charge in [-0.05, 0) is 31.4 Å². The molecule has 0 radical (unpaired) electrons. The standard InChI is InChI=1S/C15H16N6O2/c22-14(10-9-16-21-8-4-2-5-11(10)21)20-7-3-1-6-12(20)13-17-15(23)19-18-13/h2,4-5,8-9,12H,1,3,6-7H2,(H2,17,18,19,23). The number of hydrogen-bond donors (Lipinski definition) is 2. The van der Waals surface area contributed by atoms with Gasteiger partial charge in [-0.25, -0.2) is 14.4 Å². The van der Waals surface area contributed by atoms with E-state index in [0.29, 0.717) is 17.9 Å². The van der Waals surface area contributed by atoms with Crippen LogP contribution in [0.3, 0.4) is 0 Å². The topological polar surface area (TPSA) is 99.2 Å². The summed E-state index contributed by atoms with van der Waals surface area (Å²) < 4.78 is 1.68. The molecule has 3 aromatic heterocycles. The van der Waals surface area contributed by atoms with E-state index in [1.165, 1.54) is 0 Å². The van der Waals surface area contributed by atoms with E-state index in [-0.39, 0.29) is 17.6 Å². The first-order valence-electron chi connectivity index (χ1n) is 7.62. The van der Waals surface area contributed by atoms with Gasteiger partial charge >= 0.3 is 5.69 Å². The first kappa shape index (κ1) is 13.7. The van der Waals surface area contributed by atoms with E-state index in [4.69, 9.17) is 0 Å². The van der Waals surface area contributed by atoms with Gasteiger partial charge in [-0.3, -0.25) is 9.78 Å². The number of carbonyl (C=O) groups is 1. The molecule has 0 saturated carbocycles. The minimum atomic E-state index is -0.353. The zero-order valence-corrected chi connectivity index (χ0v) is 12.4. The quantitative estimate of drug-likeness (QED) is 0.740. The van der Waals surface area contributed by atoms with Crippen LogP contribution in [0.25, 0.3) is 5.52 Å². The Bertz CT molecular complexity index is 908. The molecule has 3 aromatic rings. The molecule has 0 bridgehead atoms. The molecule has 23 heavy (non-hydrogen) atoms. The zero-order valence-electron chi connectivity index (χ0n) is 12.4. The van der Waals surface area contributed by atoms with E-state index in [2.05, 4.69) is 20.3 Å². The Kier molecular flexibility index (Phi) is 3.22. The second kappa shape index (κ2) is 5.38. The number of H-pyrrole nitrogens is 2. The zero-order chi connectivity index (χ0) is 15.8. The highest BCUT2D eigenvalue weighted by atomic mass is 16.2. The van der Waals surface area contributed by atoms with Crippen LogP contribution in [0.1, 0.15) is 41.5 Å². The highest BCUT2D eigenvalue weighted by Gasteiger charge is 2.32. The lowest BCUT2D eigenvalue weighted by atomic mass is 10.0. The normalized spacial score (nSPS) is 18.4. The van der Waals surface area contributed by atoms with Gasteiger partial charge in [0.2, 0.25) is 0 Å². The van der Waals surface area contributed by atoms with Crippen molar-refractivity contribution in [3.63, 3.8) is 0 Å². The molecule has 0 spiro atoms. The van der Waals surface area contributed by atoms with Gasteiger partial charge in [-0.15, -0.1) is 0 Å². The Labute approximate surface area is 131 Å². The lowest BCUT2D eigenvalue weighted by molar-refractivity contribution is 0.0602. The summed E-state index contributed by atoms with van der Waals surface area (Å²) in [4.78, 5) is 28.8. The summed E-state index contributed by atoms with van der Waals surface area (Å²) in [5.41, 5.74) is 0.988. The average Bonchev–Trinajstić information content (AvgIpc) is 3.20. The van der Waals surface area contributed by atoms with E-state index in [9.17, 15) is 9.59 Å². The first-order valence-corrected chi connectivity index (χ1v) is 7.62. The van der Waals surface area contributed by atoms with Gasteiger partial charge in [-0.2, -0.15) is 10.2 Å². The van der Waals surface area contributed by atoms with Crippen molar-refractivity contribution in [2.75, 3.05) is 6.54 Å². The lowest BCUT2D eigenvalue weighted by Gasteiger charge is -2.34. The Morgan fingerprint density at radius 2 is 2.22 bits per heavy atom. The molecular weight excluding hydrogens is 296 g/mol. The molecule has 8 heteroatoms. The van der Waals surface area contributed by atoms with E-state index in [0.717, 1.165) is 24.8 Å². The van der Waals surface area contributed by atoms with Crippen LogP contribution in [0.2, 0.25) is 0 Å². The van der Waals surface area contributed by atoms with Gasteiger partial charge in [0, 0.05) is 12.7 Å². The summed E-state index contributed by atoms with van der Waals surface area (Å²) in [6.07, 6.45) is 6.13. The van der Waals surface area contributed by atoms with Crippen LogP contribution >= 0.6 is 0 Å². The predicted molar refractivity (Wildman–Crippen MR) is 82.0 cm³/mol.